The number of rotatable bonds is 18. The third-order valence-electron chi connectivity index (χ3n) is 4.56. The molecular weight excluding hydrogens is 548 g/mol. The monoisotopic (exact) mass is 578 g/mol. The highest BCUT2D eigenvalue weighted by Gasteiger charge is 2.36. The average Bonchev–Trinajstić information content (AvgIpc) is 2.73. The number of thioether (sulfide) groups is 1. The molecule has 1 unspecified atom stereocenters. The molecule has 0 fully saturated rings. The van der Waals surface area contributed by atoms with Crippen LogP contribution in [-0.2, 0) is 39.4 Å². The maximum Gasteiger partial charge on any atom is 0.315 e. The summed E-state index contributed by atoms with van der Waals surface area (Å²) in [5.74, 6) is -2.45. The van der Waals surface area contributed by atoms with Gasteiger partial charge >= 0.3 is 12.0 Å². The molecule has 14 nitrogen and oxygen atoms in total. The van der Waals surface area contributed by atoms with Crippen LogP contribution in [-0.4, -0.2) is 112 Å². The number of hydrogen-bond donors (Lipinski definition) is 3. The van der Waals surface area contributed by atoms with Crippen molar-refractivity contribution in [3.05, 3.63) is 0 Å². The highest BCUT2D eigenvalue weighted by molar-refractivity contribution is 7.99. The van der Waals surface area contributed by atoms with E-state index in [9.17, 15) is 50.2 Å². The van der Waals surface area contributed by atoms with Gasteiger partial charge in [-0.25, -0.2) is 21.6 Å². The minimum absolute atomic E-state index is 0.0762. The van der Waals surface area contributed by atoms with Gasteiger partial charge in [-0.05, 0) is 19.4 Å². The molecule has 0 aliphatic heterocycles. The molecule has 0 spiro atoms. The van der Waals surface area contributed by atoms with E-state index in [2.05, 4.69) is 10.6 Å². The van der Waals surface area contributed by atoms with Gasteiger partial charge in [-0.3, -0.25) is 4.79 Å². The van der Waals surface area contributed by atoms with Gasteiger partial charge in [0.25, 0.3) is 0 Å². The minimum Gasteiger partial charge on any atom is -0.748 e. The average molecular weight is 579 g/mol. The Morgan fingerprint density at radius 2 is 1.60 bits per heavy atom. The summed E-state index contributed by atoms with van der Waals surface area (Å²) in [7, 11) is -12.6. The molecule has 0 bridgehead atoms. The summed E-state index contributed by atoms with van der Waals surface area (Å²) < 4.78 is 70.3. The van der Waals surface area contributed by atoms with Gasteiger partial charge in [0.05, 0.1) is 43.8 Å². The van der Waals surface area contributed by atoms with Crippen LogP contribution < -0.4 is 10.6 Å². The van der Waals surface area contributed by atoms with Crippen molar-refractivity contribution in [1.29, 1.82) is 0 Å². The standard InChI is InChI=1S/C17H32N2O12S3Si/c1-17(10-20,15(23)31-14(8-33(25,26)27)9-34(28,29)30)11-32-6-5-19-16(24)18-4-3-7-35(2,12-21)13-22/h12-14,20H,3-11H2,1-2H3,(H2,18,19,24)(H,25,26,27)(H,28,29,30)/p-2. The number of ether oxygens (including phenoxy) is 1. The number of carbonyl (C=O) groups is 4. The van der Waals surface area contributed by atoms with E-state index in [1.807, 2.05) is 0 Å². The van der Waals surface area contributed by atoms with Gasteiger partial charge in [0, 0.05) is 24.6 Å². The Labute approximate surface area is 209 Å². The van der Waals surface area contributed by atoms with Crippen molar-refractivity contribution >= 4 is 63.9 Å². The zero-order valence-corrected chi connectivity index (χ0v) is 22.7. The molecule has 18 heteroatoms. The van der Waals surface area contributed by atoms with E-state index in [0.717, 1.165) is 11.8 Å². The fourth-order valence-electron chi connectivity index (χ4n) is 2.45. The number of urea groups is 1. The molecule has 0 rings (SSSR count). The highest BCUT2D eigenvalue weighted by atomic mass is 32.2. The normalized spacial score (nSPS) is 14.1. The molecule has 0 aliphatic carbocycles. The number of amides is 2. The molecule has 1 atom stereocenters. The van der Waals surface area contributed by atoms with Gasteiger partial charge in [0.2, 0.25) is 0 Å². The van der Waals surface area contributed by atoms with Crippen molar-refractivity contribution in [2.75, 3.05) is 42.7 Å². The maximum absolute atomic E-state index is 12.4. The lowest BCUT2D eigenvalue weighted by Gasteiger charge is -2.28. The summed E-state index contributed by atoms with van der Waals surface area (Å²) >= 11 is 1.11. The largest absolute Gasteiger partial charge is 0.748 e. The lowest BCUT2D eigenvalue weighted by atomic mass is 9.95. The smallest absolute Gasteiger partial charge is 0.315 e. The summed E-state index contributed by atoms with van der Waals surface area (Å²) in [5, 5.41) is 14.7. The molecule has 0 aromatic heterocycles. The molecule has 0 aromatic rings. The Morgan fingerprint density at radius 1 is 1.09 bits per heavy atom. The van der Waals surface area contributed by atoms with Crippen LogP contribution in [0.2, 0.25) is 12.6 Å². The third-order valence-corrected chi connectivity index (χ3v) is 9.97. The van der Waals surface area contributed by atoms with E-state index in [1.54, 1.807) is 6.55 Å². The molecule has 0 radical (unpaired) electrons. The summed E-state index contributed by atoms with van der Waals surface area (Å²) in [6, 6.07) is -0.0788. The van der Waals surface area contributed by atoms with Crippen LogP contribution in [0, 0.1) is 5.41 Å². The maximum atomic E-state index is 12.4. The summed E-state index contributed by atoms with van der Waals surface area (Å²) in [6.45, 7) is 2.53. The van der Waals surface area contributed by atoms with E-state index in [-0.39, 0.29) is 24.6 Å². The number of aliphatic hydroxyl groups is 1. The van der Waals surface area contributed by atoms with Crippen molar-refractivity contribution < 1.29 is 55.0 Å². The second-order valence-electron chi connectivity index (χ2n) is 8.28. The van der Waals surface area contributed by atoms with Crippen LogP contribution >= 0.6 is 11.8 Å². The van der Waals surface area contributed by atoms with Gasteiger partial charge in [0.1, 0.15) is 17.9 Å². The Bertz CT molecular complexity index is 902. The first-order valence-corrected chi connectivity index (χ1v) is 17.4. The minimum atomic E-state index is -5.02. The quantitative estimate of drug-likeness (QED) is 0.0527. The van der Waals surface area contributed by atoms with Crippen molar-refractivity contribution in [3.8, 4) is 0 Å². The molecule has 3 N–H and O–H groups in total. The fraction of sp³-hybridized carbons (Fsp3) is 0.765. The Hall–Kier alpha value is -1.57. The summed E-state index contributed by atoms with van der Waals surface area (Å²) in [6.07, 6.45) is -1.56. The lowest BCUT2D eigenvalue weighted by molar-refractivity contribution is -0.159. The number of aliphatic hydroxyl groups excluding tert-OH is 1. The Kier molecular flexibility index (Phi) is 14.2. The zero-order chi connectivity index (χ0) is 27.3. The topological polar surface area (TPSA) is 236 Å². The first-order valence-electron chi connectivity index (χ1n) is 10.2. The molecule has 0 heterocycles. The number of hydrogen-bond acceptors (Lipinski definition) is 13. The lowest BCUT2D eigenvalue weighted by Crippen LogP contribution is -2.42. The van der Waals surface area contributed by atoms with E-state index < -0.39 is 69.9 Å². The van der Waals surface area contributed by atoms with Gasteiger partial charge < -0.3 is 39.2 Å². The summed E-state index contributed by atoms with van der Waals surface area (Å²) in [4.78, 5) is 46.0. The number of nitrogens with one attached hydrogen (secondary N) is 2. The van der Waals surface area contributed by atoms with Crippen LogP contribution in [0.4, 0.5) is 4.79 Å². The zero-order valence-electron chi connectivity index (χ0n) is 19.3. The molecular formula is C17H30N2O12S3Si-2. The predicted molar refractivity (Wildman–Crippen MR) is 127 cm³/mol. The molecule has 0 aromatic carbocycles. The first kappa shape index (κ1) is 33.4. The fourth-order valence-corrected chi connectivity index (χ4v) is 6.16. The van der Waals surface area contributed by atoms with Crippen LogP contribution in [0.1, 0.15) is 13.3 Å². The van der Waals surface area contributed by atoms with Crippen LogP contribution in [0.25, 0.3) is 0 Å². The van der Waals surface area contributed by atoms with Crippen molar-refractivity contribution in [3.63, 3.8) is 0 Å². The van der Waals surface area contributed by atoms with E-state index in [1.165, 1.54) is 6.92 Å². The van der Waals surface area contributed by atoms with E-state index in [4.69, 9.17) is 4.74 Å². The van der Waals surface area contributed by atoms with Gasteiger partial charge in [-0.1, -0.05) is 6.55 Å². The van der Waals surface area contributed by atoms with Crippen LogP contribution in [0.3, 0.4) is 0 Å². The highest BCUT2D eigenvalue weighted by Crippen LogP contribution is 2.25. The summed E-state index contributed by atoms with van der Waals surface area (Å²) in [5.41, 5.74) is -1.61. The molecule has 204 valence electrons. The van der Waals surface area contributed by atoms with Gasteiger partial charge in [-0.15, -0.1) is 0 Å². The second-order valence-corrected chi connectivity index (χ2v) is 16.3. The van der Waals surface area contributed by atoms with Crippen molar-refractivity contribution in [2.45, 2.75) is 32.0 Å². The second kappa shape index (κ2) is 14.9. The molecule has 0 saturated carbocycles. The van der Waals surface area contributed by atoms with Gasteiger partial charge in [-0.2, -0.15) is 11.8 Å². The van der Waals surface area contributed by atoms with Gasteiger partial charge in [0.15, 0.2) is 8.07 Å². The molecule has 0 saturated heterocycles. The number of carbonyl (C=O) groups excluding carboxylic acids is 4. The first-order chi connectivity index (χ1) is 16.0. The Morgan fingerprint density at radius 3 is 2.06 bits per heavy atom. The SMILES string of the molecule is CC(CO)(CSCCNC(=O)NCCC[Si](C)(C=O)C=O)C(=O)OC(CS(=O)(=O)[O-])CS(=O)(=O)[O-]. The van der Waals surface area contributed by atoms with Crippen LogP contribution in [0.5, 0.6) is 0 Å². The van der Waals surface area contributed by atoms with E-state index in [0.29, 0.717) is 24.3 Å². The molecule has 0 aliphatic rings. The molecule has 2 amide bonds. The molecule has 35 heavy (non-hydrogen) atoms. The predicted octanol–water partition coefficient (Wildman–Crippen LogP) is -1.97. The Balaban J connectivity index is 4.57. The van der Waals surface area contributed by atoms with Crippen molar-refractivity contribution in [1.82, 2.24) is 10.6 Å². The van der Waals surface area contributed by atoms with Crippen molar-refractivity contribution in [2.24, 2.45) is 5.41 Å². The van der Waals surface area contributed by atoms with E-state index >= 15 is 0 Å². The third kappa shape index (κ3) is 15.2. The number of esters is 1. The van der Waals surface area contributed by atoms with Crippen LogP contribution in [0.15, 0.2) is 0 Å².